The van der Waals surface area contributed by atoms with E-state index in [0.29, 0.717) is 12.1 Å². The number of nitrogens with zero attached hydrogens (tertiary/aromatic N) is 2. The van der Waals surface area contributed by atoms with Crippen molar-refractivity contribution in [3.05, 3.63) is 59.8 Å². The first-order valence-electron chi connectivity index (χ1n) is 9.47. The number of benzene rings is 1. The van der Waals surface area contributed by atoms with Crippen molar-refractivity contribution in [1.82, 2.24) is 15.6 Å². The second-order valence-corrected chi connectivity index (χ2v) is 6.85. The summed E-state index contributed by atoms with van der Waals surface area (Å²) in [6.45, 7) is 4.18. The molecule has 6 heteroatoms. The van der Waals surface area contributed by atoms with E-state index in [0.717, 1.165) is 24.5 Å². The van der Waals surface area contributed by atoms with Gasteiger partial charge in [0.15, 0.2) is 0 Å². The van der Waals surface area contributed by atoms with Crippen LogP contribution in [0.15, 0.2) is 48.7 Å². The summed E-state index contributed by atoms with van der Waals surface area (Å²) in [7, 11) is 0. The summed E-state index contributed by atoms with van der Waals surface area (Å²) in [6, 6.07) is 12.2. The fraction of sp³-hybridized carbons (Fsp3) is 0.381. The standard InChI is InChI=1S/C21H26N4O2/c1-16(24-21(27)18-8-4-2-5-9-18)20(26)23-15-17-10-11-19(22-14-17)25-12-6-3-7-13-25/h2,4-5,8-11,14,16H,3,6-7,12-13,15H2,1H3,(H,23,26)(H,24,27). The van der Waals surface area contributed by atoms with Gasteiger partial charge in [-0.2, -0.15) is 0 Å². The molecule has 0 aliphatic carbocycles. The van der Waals surface area contributed by atoms with E-state index in [1.807, 2.05) is 18.2 Å². The van der Waals surface area contributed by atoms with Gasteiger partial charge in [-0.25, -0.2) is 4.98 Å². The van der Waals surface area contributed by atoms with Crippen LogP contribution in [0.2, 0.25) is 0 Å². The molecule has 2 heterocycles. The molecular weight excluding hydrogens is 340 g/mol. The van der Waals surface area contributed by atoms with E-state index in [1.54, 1.807) is 37.4 Å². The molecule has 27 heavy (non-hydrogen) atoms. The Hall–Kier alpha value is -2.89. The van der Waals surface area contributed by atoms with Crippen LogP contribution in [0.25, 0.3) is 0 Å². The minimum atomic E-state index is -0.613. The SMILES string of the molecule is CC(NC(=O)c1ccccc1)C(=O)NCc1ccc(N2CCCCC2)nc1. The molecule has 2 aromatic rings. The molecule has 1 unspecified atom stereocenters. The maximum atomic E-state index is 12.2. The zero-order valence-corrected chi connectivity index (χ0v) is 15.6. The van der Waals surface area contributed by atoms with Crippen molar-refractivity contribution in [3.63, 3.8) is 0 Å². The first kappa shape index (κ1) is 18.9. The van der Waals surface area contributed by atoms with Crippen molar-refractivity contribution >= 4 is 17.6 Å². The second kappa shape index (κ2) is 9.16. The average molecular weight is 366 g/mol. The molecule has 2 N–H and O–H groups in total. The molecule has 1 aromatic carbocycles. The van der Waals surface area contributed by atoms with Crippen LogP contribution in [0, 0.1) is 0 Å². The third-order valence-corrected chi connectivity index (χ3v) is 4.73. The first-order valence-corrected chi connectivity index (χ1v) is 9.47. The van der Waals surface area contributed by atoms with E-state index >= 15 is 0 Å². The highest BCUT2D eigenvalue weighted by atomic mass is 16.2. The summed E-state index contributed by atoms with van der Waals surface area (Å²) in [6.07, 6.45) is 5.52. The van der Waals surface area contributed by atoms with Crippen molar-refractivity contribution in [3.8, 4) is 0 Å². The van der Waals surface area contributed by atoms with Gasteiger partial charge in [-0.05, 0) is 49.9 Å². The number of amides is 2. The Bertz CT molecular complexity index is 756. The number of aromatic nitrogens is 1. The minimum absolute atomic E-state index is 0.223. The lowest BCUT2D eigenvalue weighted by Crippen LogP contribution is -2.44. The number of anilines is 1. The molecule has 0 radical (unpaired) electrons. The molecule has 1 atom stereocenters. The average Bonchev–Trinajstić information content (AvgIpc) is 2.73. The third kappa shape index (κ3) is 5.29. The van der Waals surface area contributed by atoms with Crippen molar-refractivity contribution in [1.29, 1.82) is 0 Å². The molecular formula is C21H26N4O2. The number of pyridine rings is 1. The predicted octanol–water partition coefficient (Wildman–Crippen LogP) is 2.51. The van der Waals surface area contributed by atoms with Gasteiger partial charge in [0, 0.05) is 31.4 Å². The monoisotopic (exact) mass is 366 g/mol. The van der Waals surface area contributed by atoms with E-state index in [2.05, 4.69) is 20.5 Å². The van der Waals surface area contributed by atoms with Crippen LogP contribution in [-0.2, 0) is 11.3 Å². The van der Waals surface area contributed by atoms with Gasteiger partial charge >= 0.3 is 0 Å². The lowest BCUT2D eigenvalue weighted by molar-refractivity contribution is -0.122. The number of nitrogens with one attached hydrogen (secondary N) is 2. The molecule has 1 aliphatic heterocycles. The molecule has 2 amide bonds. The van der Waals surface area contributed by atoms with Crippen LogP contribution >= 0.6 is 0 Å². The van der Waals surface area contributed by atoms with Gasteiger partial charge in [-0.15, -0.1) is 0 Å². The van der Waals surface area contributed by atoms with Crippen molar-refractivity contribution < 1.29 is 9.59 Å². The Labute approximate surface area is 160 Å². The van der Waals surface area contributed by atoms with Gasteiger partial charge in [0.1, 0.15) is 11.9 Å². The maximum Gasteiger partial charge on any atom is 0.251 e. The Morgan fingerprint density at radius 3 is 2.48 bits per heavy atom. The Morgan fingerprint density at radius 1 is 1.07 bits per heavy atom. The number of carbonyl (C=O) groups is 2. The highest BCUT2D eigenvalue weighted by Crippen LogP contribution is 2.17. The molecule has 3 rings (SSSR count). The Balaban J connectivity index is 1.47. The van der Waals surface area contributed by atoms with Gasteiger partial charge < -0.3 is 15.5 Å². The summed E-state index contributed by atoms with van der Waals surface area (Å²) >= 11 is 0. The van der Waals surface area contributed by atoms with Crippen LogP contribution in [0.4, 0.5) is 5.82 Å². The molecule has 1 aromatic heterocycles. The van der Waals surface area contributed by atoms with E-state index in [1.165, 1.54) is 19.3 Å². The molecule has 142 valence electrons. The number of hydrogen-bond donors (Lipinski definition) is 2. The normalized spacial score (nSPS) is 15.1. The molecule has 1 fully saturated rings. The van der Waals surface area contributed by atoms with Gasteiger partial charge in [0.2, 0.25) is 5.91 Å². The summed E-state index contributed by atoms with van der Waals surface area (Å²) < 4.78 is 0. The van der Waals surface area contributed by atoms with E-state index < -0.39 is 6.04 Å². The van der Waals surface area contributed by atoms with E-state index in [9.17, 15) is 9.59 Å². The number of rotatable bonds is 6. The highest BCUT2D eigenvalue weighted by molar-refractivity contribution is 5.97. The zero-order chi connectivity index (χ0) is 19.1. The molecule has 0 bridgehead atoms. The molecule has 0 spiro atoms. The summed E-state index contributed by atoms with van der Waals surface area (Å²) in [5.41, 5.74) is 1.47. The smallest absolute Gasteiger partial charge is 0.251 e. The van der Waals surface area contributed by atoms with Crippen LogP contribution in [0.5, 0.6) is 0 Å². The molecule has 1 saturated heterocycles. The van der Waals surface area contributed by atoms with Crippen LogP contribution in [0.1, 0.15) is 42.1 Å². The van der Waals surface area contributed by atoms with Gasteiger partial charge in [0.05, 0.1) is 0 Å². The Morgan fingerprint density at radius 2 is 1.81 bits per heavy atom. The quantitative estimate of drug-likeness (QED) is 0.824. The predicted molar refractivity (Wildman–Crippen MR) is 106 cm³/mol. The van der Waals surface area contributed by atoms with Gasteiger partial charge in [-0.3, -0.25) is 9.59 Å². The largest absolute Gasteiger partial charge is 0.357 e. The third-order valence-electron chi connectivity index (χ3n) is 4.73. The van der Waals surface area contributed by atoms with Gasteiger partial charge in [-0.1, -0.05) is 24.3 Å². The Kier molecular flexibility index (Phi) is 6.41. The second-order valence-electron chi connectivity index (χ2n) is 6.85. The zero-order valence-electron chi connectivity index (χ0n) is 15.6. The van der Waals surface area contributed by atoms with E-state index in [4.69, 9.17) is 0 Å². The maximum absolute atomic E-state index is 12.2. The number of hydrogen-bond acceptors (Lipinski definition) is 4. The molecule has 1 aliphatic rings. The molecule has 0 saturated carbocycles. The van der Waals surface area contributed by atoms with Crippen molar-refractivity contribution in [2.24, 2.45) is 0 Å². The van der Waals surface area contributed by atoms with Crippen molar-refractivity contribution in [2.75, 3.05) is 18.0 Å². The van der Waals surface area contributed by atoms with Crippen LogP contribution in [-0.4, -0.2) is 35.9 Å². The highest BCUT2D eigenvalue weighted by Gasteiger charge is 2.16. The summed E-state index contributed by atoms with van der Waals surface area (Å²) in [5.74, 6) is 0.512. The van der Waals surface area contributed by atoms with E-state index in [-0.39, 0.29) is 11.8 Å². The lowest BCUT2D eigenvalue weighted by atomic mass is 10.1. The minimum Gasteiger partial charge on any atom is -0.357 e. The number of piperidine rings is 1. The van der Waals surface area contributed by atoms with Crippen LogP contribution in [0.3, 0.4) is 0 Å². The summed E-state index contributed by atoms with van der Waals surface area (Å²) in [5, 5.41) is 5.56. The summed E-state index contributed by atoms with van der Waals surface area (Å²) in [4.78, 5) is 31.2. The first-order chi connectivity index (χ1) is 13.1. The fourth-order valence-corrected chi connectivity index (χ4v) is 3.11. The van der Waals surface area contributed by atoms with Crippen molar-refractivity contribution in [2.45, 2.75) is 38.8 Å². The number of carbonyl (C=O) groups excluding carboxylic acids is 2. The lowest BCUT2D eigenvalue weighted by Gasteiger charge is -2.27. The fourth-order valence-electron chi connectivity index (χ4n) is 3.11. The molecule has 6 nitrogen and oxygen atoms in total. The van der Waals surface area contributed by atoms with Gasteiger partial charge in [0.25, 0.3) is 5.91 Å². The van der Waals surface area contributed by atoms with Crippen LogP contribution < -0.4 is 15.5 Å². The topological polar surface area (TPSA) is 74.3 Å².